The number of rotatable bonds is 4. The van der Waals surface area contributed by atoms with E-state index in [4.69, 9.17) is 4.74 Å². The van der Waals surface area contributed by atoms with Crippen LogP contribution in [0.15, 0.2) is 46.9 Å². The number of ether oxygens (including phenoxy) is 1. The van der Waals surface area contributed by atoms with Gasteiger partial charge in [-0.2, -0.15) is 0 Å². The molecule has 4 heteroatoms. The summed E-state index contributed by atoms with van der Waals surface area (Å²) in [6.07, 6.45) is 0. The van der Waals surface area contributed by atoms with E-state index < -0.39 is 0 Å². The zero-order chi connectivity index (χ0) is 14.5. The molecular formula is C16H16BrNO2. The van der Waals surface area contributed by atoms with Gasteiger partial charge in [-0.1, -0.05) is 34.1 Å². The second-order valence-electron chi connectivity index (χ2n) is 4.34. The maximum atomic E-state index is 12.4. The van der Waals surface area contributed by atoms with Gasteiger partial charge in [0.05, 0.1) is 12.3 Å². The third-order valence-electron chi connectivity index (χ3n) is 2.88. The van der Waals surface area contributed by atoms with Crippen molar-refractivity contribution in [2.45, 2.75) is 13.8 Å². The van der Waals surface area contributed by atoms with Crippen molar-refractivity contribution in [1.82, 2.24) is 0 Å². The van der Waals surface area contributed by atoms with Crippen LogP contribution in [0.25, 0.3) is 0 Å². The molecule has 0 bridgehead atoms. The van der Waals surface area contributed by atoms with Crippen LogP contribution in [-0.2, 0) is 0 Å². The van der Waals surface area contributed by atoms with Gasteiger partial charge in [0.25, 0.3) is 5.91 Å². The summed E-state index contributed by atoms with van der Waals surface area (Å²) in [6.45, 7) is 4.38. The van der Waals surface area contributed by atoms with E-state index in [1.54, 1.807) is 0 Å². The number of halogens is 1. The largest absolute Gasteiger partial charge is 0.492 e. The van der Waals surface area contributed by atoms with Crippen molar-refractivity contribution in [3.05, 3.63) is 58.1 Å². The first-order valence-electron chi connectivity index (χ1n) is 6.41. The molecule has 0 saturated carbocycles. The number of benzene rings is 2. The van der Waals surface area contributed by atoms with Crippen LogP contribution in [0.3, 0.4) is 0 Å². The van der Waals surface area contributed by atoms with Crippen LogP contribution in [0.2, 0.25) is 0 Å². The maximum absolute atomic E-state index is 12.4. The Morgan fingerprint density at radius 3 is 2.75 bits per heavy atom. The molecule has 2 aromatic carbocycles. The number of nitrogens with one attached hydrogen (secondary N) is 1. The highest BCUT2D eigenvalue weighted by Gasteiger charge is 2.12. The summed E-state index contributed by atoms with van der Waals surface area (Å²) in [5.41, 5.74) is 2.25. The van der Waals surface area contributed by atoms with Gasteiger partial charge in [-0.05, 0) is 43.7 Å². The summed E-state index contributed by atoms with van der Waals surface area (Å²) in [5, 5.41) is 2.89. The van der Waals surface area contributed by atoms with Crippen LogP contribution in [0.5, 0.6) is 5.75 Å². The average molecular weight is 334 g/mol. The van der Waals surface area contributed by atoms with Crippen LogP contribution in [0, 0.1) is 6.92 Å². The smallest absolute Gasteiger partial charge is 0.256 e. The first-order valence-corrected chi connectivity index (χ1v) is 7.20. The topological polar surface area (TPSA) is 38.3 Å². The molecule has 0 unspecified atom stereocenters. The van der Waals surface area contributed by atoms with E-state index in [-0.39, 0.29) is 5.91 Å². The molecule has 0 aliphatic rings. The van der Waals surface area contributed by atoms with Gasteiger partial charge in [-0.3, -0.25) is 4.79 Å². The first kappa shape index (κ1) is 14.6. The van der Waals surface area contributed by atoms with Gasteiger partial charge < -0.3 is 10.1 Å². The Labute approximate surface area is 127 Å². The second-order valence-corrected chi connectivity index (χ2v) is 5.26. The number of carbonyl (C=O) groups excluding carboxylic acids is 1. The van der Waals surface area contributed by atoms with E-state index in [2.05, 4.69) is 21.2 Å². The van der Waals surface area contributed by atoms with Crippen molar-refractivity contribution < 1.29 is 9.53 Å². The SMILES string of the molecule is CCOc1ccccc1NC(=O)c1cc(Br)ccc1C. The Hall–Kier alpha value is -1.81. The summed E-state index contributed by atoms with van der Waals surface area (Å²) < 4.78 is 6.38. The second kappa shape index (κ2) is 6.57. The Kier molecular flexibility index (Phi) is 4.79. The normalized spacial score (nSPS) is 10.2. The molecule has 0 radical (unpaired) electrons. The predicted octanol–water partition coefficient (Wildman–Crippen LogP) is 4.41. The monoisotopic (exact) mass is 333 g/mol. The van der Waals surface area contributed by atoms with Gasteiger partial charge in [-0.25, -0.2) is 0 Å². The molecule has 2 aromatic rings. The van der Waals surface area contributed by atoms with Crippen molar-refractivity contribution in [2.75, 3.05) is 11.9 Å². The summed E-state index contributed by atoms with van der Waals surface area (Å²) in [7, 11) is 0. The van der Waals surface area contributed by atoms with E-state index in [1.807, 2.05) is 56.3 Å². The van der Waals surface area contributed by atoms with Gasteiger partial charge in [0, 0.05) is 10.0 Å². The Morgan fingerprint density at radius 2 is 2.00 bits per heavy atom. The van der Waals surface area contributed by atoms with Crippen molar-refractivity contribution in [2.24, 2.45) is 0 Å². The van der Waals surface area contributed by atoms with Crippen LogP contribution >= 0.6 is 15.9 Å². The highest BCUT2D eigenvalue weighted by Crippen LogP contribution is 2.25. The minimum atomic E-state index is -0.143. The molecule has 1 N–H and O–H groups in total. The van der Waals surface area contributed by atoms with E-state index in [0.29, 0.717) is 23.6 Å². The Morgan fingerprint density at radius 1 is 1.25 bits per heavy atom. The first-order chi connectivity index (χ1) is 9.61. The molecule has 0 saturated heterocycles. The molecule has 0 fully saturated rings. The zero-order valence-electron chi connectivity index (χ0n) is 11.4. The third-order valence-corrected chi connectivity index (χ3v) is 3.37. The maximum Gasteiger partial charge on any atom is 0.256 e. The standard InChI is InChI=1S/C16H16BrNO2/c1-3-20-15-7-5-4-6-14(15)18-16(19)13-10-12(17)9-8-11(13)2/h4-10H,3H2,1-2H3,(H,18,19). The molecule has 0 atom stereocenters. The lowest BCUT2D eigenvalue weighted by Gasteiger charge is -2.12. The molecule has 2 rings (SSSR count). The lowest BCUT2D eigenvalue weighted by Crippen LogP contribution is -2.14. The number of para-hydroxylation sites is 2. The molecular weight excluding hydrogens is 318 g/mol. The van der Waals surface area contributed by atoms with Crippen molar-refractivity contribution in [3.8, 4) is 5.75 Å². The summed E-state index contributed by atoms with van der Waals surface area (Å²) in [5.74, 6) is 0.534. The van der Waals surface area contributed by atoms with E-state index in [0.717, 1.165) is 10.0 Å². The minimum Gasteiger partial charge on any atom is -0.492 e. The van der Waals surface area contributed by atoms with Crippen LogP contribution in [0.4, 0.5) is 5.69 Å². The fourth-order valence-electron chi connectivity index (χ4n) is 1.88. The van der Waals surface area contributed by atoms with Crippen molar-refractivity contribution in [3.63, 3.8) is 0 Å². The highest BCUT2D eigenvalue weighted by molar-refractivity contribution is 9.10. The molecule has 1 amide bonds. The highest BCUT2D eigenvalue weighted by atomic mass is 79.9. The van der Waals surface area contributed by atoms with Gasteiger partial charge in [0.1, 0.15) is 5.75 Å². The summed E-state index contributed by atoms with van der Waals surface area (Å²) in [4.78, 5) is 12.4. The third kappa shape index (κ3) is 3.39. The average Bonchev–Trinajstić information content (AvgIpc) is 2.44. The van der Waals surface area contributed by atoms with E-state index in [9.17, 15) is 4.79 Å². The molecule has 3 nitrogen and oxygen atoms in total. The molecule has 0 heterocycles. The number of hydrogen-bond acceptors (Lipinski definition) is 2. The van der Waals surface area contributed by atoms with Gasteiger partial charge >= 0.3 is 0 Å². The lowest BCUT2D eigenvalue weighted by atomic mass is 10.1. The fraction of sp³-hybridized carbons (Fsp3) is 0.188. The number of hydrogen-bond donors (Lipinski definition) is 1. The molecule has 0 aliphatic heterocycles. The predicted molar refractivity (Wildman–Crippen MR) is 84.4 cm³/mol. The van der Waals surface area contributed by atoms with Crippen LogP contribution < -0.4 is 10.1 Å². The summed E-state index contributed by atoms with van der Waals surface area (Å²) in [6, 6.07) is 13.1. The van der Waals surface area contributed by atoms with Gasteiger partial charge in [0.15, 0.2) is 0 Å². The van der Waals surface area contributed by atoms with Crippen LogP contribution in [-0.4, -0.2) is 12.5 Å². The quantitative estimate of drug-likeness (QED) is 0.899. The number of amides is 1. The molecule has 0 spiro atoms. The van der Waals surface area contributed by atoms with Crippen molar-refractivity contribution in [1.29, 1.82) is 0 Å². The number of aryl methyl sites for hydroxylation is 1. The zero-order valence-corrected chi connectivity index (χ0v) is 13.0. The number of carbonyl (C=O) groups is 1. The van der Waals surface area contributed by atoms with Crippen LogP contribution in [0.1, 0.15) is 22.8 Å². The lowest BCUT2D eigenvalue weighted by molar-refractivity contribution is 0.102. The molecule has 0 aliphatic carbocycles. The Balaban J connectivity index is 2.26. The molecule has 0 aromatic heterocycles. The Bertz CT molecular complexity index is 626. The van der Waals surface area contributed by atoms with Gasteiger partial charge in [-0.15, -0.1) is 0 Å². The molecule has 20 heavy (non-hydrogen) atoms. The summed E-state index contributed by atoms with van der Waals surface area (Å²) >= 11 is 3.38. The fourth-order valence-corrected chi connectivity index (χ4v) is 2.24. The van der Waals surface area contributed by atoms with Gasteiger partial charge in [0.2, 0.25) is 0 Å². The van der Waals surface area contributed by atoms with E-state index >= 15 is 0 Å². The molecule has 104 valence electrons. The van der Waals surface area contributed by atoms with E-state index in [1.165, 1.54) is 0 Å². The minimum absolute atomic E-state index is 0.143. The number of anilines is 1. The van der Waals surface area contributed by atoms with Crippen molar-refractivity contribution >= 4 is 27.5 Å².